The second kappa shape index (κ2) is 11.3. The molecule has 27 heavy (non-hydrogen) atoms. The summed E-state index contributed by atoms with van der Waals surface area (Å²) in [5, 5.41) is 9.59. The lowest BCUT2D eigenvalue weighted by Crippen LogP contribution is -2.41. The van der Waals surface area contributed by atoms with Crippen molar-refractivity contribution in [3.63, 3.8) is 0 Å². The van der Waals surface area contributed by atoms with Crippen molar-refractivity contribution in [3.8, 4) is 0 Å². The minimum atomic E-state index is -1.14. The molecule has 0 bridgehead atoms. The smallest absolute Gasteiger partial charge is 0.157 e. The van der Waals surface area contributed by atoms with Crippen molar-refractivity contribution in [1.29, 1.82) is 0 Å². The molecule has 3 atom stereocenters. The maximum absolute atomic E-state index is 12.6. The average molecular weight is 398 g/mol. The maximum atomic E-state index is 12.6. The molecule has 5 nitrogen and oxygen atoms in total. The van der Waals surface area contributed by atoms with Crippen molar-refractivity contribution in [2.75, 3.05) is 13.2 Å². The van der Waals surface area contributed by atoms with Gasteiger partial charge in [0.05, 0.1) is 22.3 Å². The Morgan fingerprint density at radius 3 is 2.67 bits per heavy atom. The van der Waals surface area contributed by atoms with Crippen molar-refractivity contribution in [1.82, 2.24) is 4.72 Å². The fraction of sp³-hybridized carbons (Fsp3) is 0.714. The Hall–Kier alpha value is -0.790. The Morgan fingerprint density at radius 2 is 2.04 bits per heavy atom. The SMILES string of the molecule is CC(C)(C)[S@@](=O)N[C@@H](CCCOC1CCCCO1)Cc1ccccc1CO. The Kier molecular flexibility index (Phi) is 9.39. The van der Waals surface area contributed by atoms with E-state index in [9.17, 15) is 9.32 Å². The third-order valence-corrected chi connectivity index (χ3v) is 6.38. The number of aliphatic hydroxyl groups excluding tert-OH is 1. The highest BCUT2D eigenvalue weighted by atomic mass is 32.2. The molecule has 0 spiro atoms. The highest BCUT2D eigenvalue weighted by Crippen LogP contribution is 2.18. The van der Waals surface area contributed by atoms with E-state index < -0.39 is 11.0 Å². The molecule has 1 heterocycles. The van der Waals surface area contributed by atoms with Gasteiger partial charge in [-0.2, -0.15) is 0 Å². The zero-order valence-electron chi connectivity index (χ0n) is 16.9. The fourth-order valence-corrected chi connectivity index (χ4v) is 3.95. The third kappa shape index (κ3) is 8.00. The van der Waals surface area contributed by atoms with Crippen LogP contribution >= 0.6 is 0 Å². The summed E-state index contributed by atoms with van der Waals surface area (Å²) in [4.78, 5) is 0. The van der Waals surface area contributed by atoms with E-state index in [4.69, 9.17) is 9.47 Å². The lowest BCUT2D eigenvalue weighted by molar-refractivity contribution is -0.162. The number of rotatable bonds is 10. The molecule has 1 aliphatic rings. The first-order valence-electron chi connectivity index (χ1n) is 9.99. The molecule has 0 saturated carbocycles. The normalized spacial score (nSPS) is 20.4. The summed E-state index contributed by atoms with van der Waals surface area (Å²) in [5.74, 6) is 0. The molecule has 2 rings (SSSR count). The Balaban J connectivity index is 1.91. The van der Waals surface area contributed by atoms with Crippen molar-refractivity contribution in [3.05, 3.63) is 35.4 Å². The zero-order valence-corrected chi connectivity index (χ0v) is 17.7. The molecule has 154 valence electrons. The third-order valence-electron chi connectivity index (χ3n) is 4.72. The van der Waals surface area contributed by atoms with Crippen LogP contribution < -0.4 is 4.72 Å². The average Bonchev–Trinajstić information content (AvgIpc) is 2.65. The van der Waals surface area contributed by atoms with Crippen LogP contribution in [-0.4, -0.2) is 39.6 Å². The number of hydrogen-bond donors (Lipinski definition) is 2. The van der Waals surface area contributed by atoms with Crippen LogP contribution in [0.15, 0.2) is 24.3 Å². The number of nitrogens with one attached hydrogen (secondary N) is 1. The maximum Gasteiger partial charge on any atom is 0.157 e. The van der Waals surface area contributed by atoms with Gasteiger partial charge in [0, 0.05) is 19.3 Å². The molecule has 1 aromatic rings. The van der Waals surface area contributed by atoms with E-state index in [1.807, 2.05) is 45.0 Å². The Morgan fingerprint density at radius 1 is 1.30 bits per heavy atom. The molecule has 6 heteroatoms. The van der Waals surface area contributed by atoms with Gasteiger partial charge in [0.1, 0.15) is 0 Å². The number of aliphatic hydroxyl groups is 1. The lowest BCUT2D eigenvalue weighted by atomic mass is 9.98. The summed E-state index contributed by atoms with van der Waals surface area (Å²) >= 11 is 0. The molecule has 0 amide bonds. The van der Waals surface area contributed by atoms with Gasteiger partial charge < -0.3 is 14.6 Å². The van der Waals surface area contributed by atoms with E-state index in [1.54, 1.807) is 0 Å². The molecular formula is C21H35NO4S. The van der Waals surface area contributed by atoms with Gasteiger partial charge in [0.25, 0.3) is 0 Å². The standard InChI is InChI=1S/C21H35NO4S/c1-21(2,3)27(24)22-19(15-17-9-4-5-10-18(17)16-23)11-8-14-26-20-12-6-7-13-25-20/h4-5,9-10,19-20,22-23H,6-8,11-16H2,1-3H3/t19-,20?,27+/m0/s1. The molecule has 0 radical (unpaired) electrons. The molecule has 0 aliphatic carbocycles. The monoisotopic (exact) mass is 397 g/mol. The van der Waals surface area contributed by atoms with Crippen LogP contribution in [0.25, 0.3) is 0 Å². The van der Waals surface area contributed by atoms with Crippen LogP contribution in [0, 0.1) is 0 Å². The van der Waals surface area contributed by atoms with E-state index in [0.717, 1.165) is 56.3 Å². The van der Waals surface area contributed by atoms with E-state index in [2.05, 4.69) is 4.72 Å². The second-order valence-corrected chi connectivity index (χ2v) is 10.1. The van der Waals surface area contributed by atoms with Gasteiger partial charge in [-0.05, 0) is 70.4 Å². The van der Waals surface area contributed by atoms with Crippen LogP contribution in [-0.2, 0) is 33.5 Å². The Labute approximate surface area is 166 Å². The quantitative estimate of drug-likeness (QED) is 0.593. The van der Waals surface area contributed by atoms with Gasteiger partial charge in [-0.25, -0.2) is 8.93 Å². The number of ether oxygens (including phenoxy) is 2. The first-order valence-corrected chi connectivity index (χ1v) is 11.1. The van der Waals surface area contributed by atoms with E-state index >= 15 is 0 Å². The minimum absolute atomic E-state index is 0.0212. The molecule has 1 unspecified atom stereocenters. The summed E-state index contributed by atoms with van der Waals surface area (Å²) in [6, 6.07) is 7.95. The summed E-state index contributed by atoms with van der Waals surface area (Å²) in [6.45, 7) is 7.37. The molecule has 0 aromatic heterocycles. The van der Waals surface area contributed by atoms with Crippen LogP contribution in [0.1, 0.15) is 64.0 Å². The van der Waals surface area contributed by atoms with Gasteiger partial charge in [-0.1, -0.05) is 24.3 Å². The minimum Gasteiger partial charge on any atom is -0.392 e. The van der Waals surface area contributed by atoms with Crippen LogP contribution in [0.4, 0.5) is 0 Å². The van der Waals surface area contributed by atoms with E-state index in [1.165, 1.54) is 0 Å². The van der Waals surface area contributed by atoms with E-state index in [-0.39, 0.29) is 23.7 Å². The highest BCUT2D eigenvalue weighted by molar-refractivity contribution is 7.84. The molecule has 2 N–H and O–H groups in total. The Bertz CT molecular complexity index is 582. The number of hydrogen-bond acceptors (Lipinski definition) is 4. The van der Waals surface area contributed by atoms with Gasteiger partial charge in [-0.15, -0.1) is 0 Å². The zero-order chi connectivity index (χ0) is 19.7. The largest absolute Gasteiger partial charge is 0.392 e. The van der Waals surface area contributed by atoms with E-state index in [0.29, 0.717) is 6.61 Å². The molecule has 1 fully saturated rings. The van der Waals surface area contributed by atoms with Gasteiger partial charge in [0.2, 0.25) is 0 Å². The van der Waals surface area contributed by atoms with Crippen LogP contribution in [0.5, 0.6) is 0 Å². The van der Waals surface area contributed by atoms with Gasteiger partial charge in [0.15, 0.2) is 6.29 Å². The summed E-state index contributed by atoms with van der Waals surface area (Å²) in [5.41, 5.74) is 2.03. The second-order valence-electron chi connectivity index (χ2n) is 8.14. The highest BCUT2D eigenvalue weighted by Gasteiger charge is 2.23. The molecule has 1 saturated heterocycles. The first-order chi connectivity index (χ1) is 12.9. The fourth-order valence-electron chi connectivity index (χ4n) is 3.09. The van der Waals surface area contributed by atoms with Gasteiger partial charge >= 0.3 is 0 Å². The number of benzene rings is 1. The molecule has 1 aromatic carbocycles. The predicted octanol–water partition coefficient (Wildman–Crippen LogP) is 3.47. The van der Waals surface area contributed by atoms with Crippen LogP contribution in [0.3, 0.4) is 0 Å². The van der Waals surface area contributed by atoms with Crippen molar-refractivity contribution >= 4 is 11.0 Å². The topological polar surface area (TPSA) is 67.8 Å². The van der Waals surface area contributed by atoms with Gasteiger partial charge in [-0.3, -0.25) is 0 Å². The molecular weight excluding hydrogens is 362 g/mol. The predicted molar refractivity (Wildman–Crippen MR) is 110 cm³/mol. The van der Waals surface area contributed by atoms with Crippen molar-refractivity contribution in [2.24, 2.45) is 0 Å². The summed E-state index contributed by atoms with van der Waals surface area (Å²) in [6.07, 6.45) is 5.66. The first kappa shape index (κ1) is 22.5. The van der Waals surface area contributed by atoms with Crippen LogP contribution in [0.2, 0.25) is 0 Å². The lowest BCUT2D eigenvalue weighted by Gasteiger charge is -2.26. The molecule has 1 aliphatic heterocycles. The summed E-state index contributed by atoms with van der Waals surface area (Å²) in [7, 11) is -1.14. The van der Waals surface area contributed by atoms with Crippen molar-refractivity contribution < 1.29 is 18.8 Å². The van der Waals surface area contributed by atoms with Crippen molar-refractivity contribution in [2.45, 2.75) is 83.0 Å². The summed E-state index contributed by atoms with van der Waals surface area (Å²) < 4.78 is 27.0.